The number of hydrogen-bond donors (Lipinski definition) is 0. The third-order valence-corrected chi connectivity index (χ3v) is 14.8. The molecule has 0 heterocycles. The molecule has 256 valence electrons. The number of rotatable bonds is 4. The molecule has 4 fully saturated rings. The minimum atomic E-state index is 0.0653. The van der Waals surface area contributed by atoms with Gasteiger partial charge in [-0.25, -0.2) is 0 Å². The lowest BCUT2D eigenvalue weighted by Gasteiger charge is -2.62. The van der Waals surface area contributed by atoms with Crippen LogP contribution in [-0.2, 0) is 5.41 Å². The molecule has 0 N–H and O–H groups in total. The van der Waals surface area contributed by atoms with Gasteiger partial charge in [0.05, 0.1) is 0 Å². The summed E-state index contributed by atoms with van der Waals surface area (Å²) in [6.07, 6.45) is 6.96. The SMILES string of the molecule is c1cc2ccc3ccc(-c4ccc(C5(c6ccc(-c7ccc8ccc9cccc%10ccc7c8c9%10)cc6)C6CC7CC(C6)CC5C7)cc4)c4ccc(c1)c2c34. The molecule has 10 aromatic rings. The second-order valence-electron chi connectivity index (χ2n) is 17.3. The molecule has 4 bridgehead atoms. The van der Waals surface area contributed by atoms with Crippen LogP contribution in [0, 0.1) is 23.7 Å². The number of benzene rings is 10. The maximum atomic E-state index is 2.53. The van der Waals surface area contributed by atoms with Gasteiger partial charge in [0.1, 0.15) is 0 Å². The molecule has 0 aliphatic heterocycles. The predicted octanol–water partition coefficient (Wildman–Crippen LogP) is 14.6. The van der Waals surface area contributed by atoms with E-state index in [1.54, 1.807) is 0 Å². The van der Waals surface area contributed by atoms with Crippen molar-refractivity contribution in [1.29, 1.82) is 0 Å². The molecule has 0 nitrogen and oxygen atoms in total. The Morgan fingerprint density at radius 3 is 1.07 bits per heavy atom. The molecule has 4 aliphatic rings. The summed E-state index contributed by atoms with van der Waals surface area (Å²) in [5.41, 5.74) is 8.45. The zero-order valence-electron chi connectivity index (χ0n) is 30.4. The van der Waals surface area contributed by atoms with Crippen molar-refractivity contribution >= 4 is 64.6 Å². The van der Waals surface area contributed by atoms with Crippen LogP contribution in [0.4, 0.5) is 0 Å². The van der Waals surface area contributed by atoms with E-state index in [1.165, 1.54) is 130 Å². The molecule has 10 aromatic carbocycles. The maximum absolute atomic E-state index is 2.53. The largest absolute Gasteiger partial charge is 0.0610 e. The second-order valence-corrected chi connectivity index (χ2v) is 17.3. The van der Waals surface area contributed by atoms with Crippen LogP contribution in [0.3, 0.4) is 0 Å². The van der Waals surface area contributed by atoms with Crippen LogP contribution < -0.4 is 0 Å². The monoisotopic (exact) mass is 688 g/mol. The van der Waals surface area contributed by atoms with E-state index in [2.05, 4.69) is 158 Å². The molecule has 54 heavy (non-hydrogen) atoms. The van der Waals surface area contributed by atoms with Gasteiger partial charge in [0, 0.05) is 5.41 Å². The lowest BCUT2D eigenvalue weighted by Crippen LogP contribution is -2.56. The van der Waals surface area contributed by atoms with Crippen LogP contribution in [-0.4, -0.2) is 0 Å². The Labute approximate surface area is 315 Å². The van der Waals surface area contributed by atoms with Crippen LogP contribution in [0.5, 0.6) is 0 Å². The first-order valence-corrected chi connectivity index (χ1v) is 20.3. The topological polar surface area (TPSA) is 0 Å². The average Bonchev–Trinajstić information content (AvgIpc) is 3.22. The van der Waals surface area contributed by atoms with Crippen LogP contribution in [0.1, 0.15) is 43.2 Å². The van der Waals surface area contributed by atoms with Gasteiger partial charge in [-0.15, -0.1) is 0 Å². The predicted molar refractivity (Wildman–Crippen MR) is 229 cm³/mol. The molecule has 0 amide bonds. The fourth-order valence-corrected chi connectivity index (χ4v) is 12.9. The highest BCUT2D eigenvalue weighted by atomic mass is 14.6. The van der Waals surface area contributed by atoms with Gasteiger partial charge in [-0.1, -0.05) is 158 Å². The summed E-state index contributed by atoms with van der Waals surface area (Å²) >= 11 is 0. The normalized spacial score (nSPS) is 21.9. The van der Waals surface area contributed by atoms with E-state index in [4.69, 9.17) is 0 Å². The minimum Gasteiger partial charge on any atom is -0.0610 e. The first-order valence-electron chi connectivity index (χ1n) is 20.3. The Bertz CT molecular complexity index is 2840. The smallest absolute Gasteiger partial charge is 0.0259 e. The average molecular weight is 689 g/mol. The maximum Gasteiger partial charge on any atom is 0.0259 e. The molecule has 0 saturated heterocycles. The van der Waals surface area contributed by atoms with Crippen molar-refractivity contribution in [2.24, 2.45) is 23.7 Å². The van der Waals surface area contributed by atoms with Gasteiger partial charge in [0.2, 0.25) is 0 Å². The van der Waals surface area contributed by atoms with Gasteiger partial charge in [-0.2, -0.15) is 0 Å². The fourth-order valence-electron chi connectivity index (χ4n) is 12.9. The minimum absolute atomic E-state index is 0.0653. The van der Waals surface area contributed by atoms with E-state index in [0.717, 1.165) is 11.8 Å². The summed E-state index contributed by atoms with van der Waals surface area (Å²) in [6.45, 7) is 0. The van der Waals surface area contributed by atoms with Crippen molar-refractivity contribution in [2.45, 2.75) is 37.5 Å². The first-order chi connectivity index (χ1) is 26.7. The quantitative estimate of drug-likeness (QED) is 0.161. The molecule has 0 radical (unpaired) electrons. The van der Waals surface area contributed by atoms with E-state index < -0.39 is 0 Å². The highest BCUT2D eigenvalue weighted by Crippen LogP contribution is 2.65. The Morgan fingerprint density at radius 1 is 0.315 bits per heavy atom. The summed E-state index contributed by atoms with van der Waals surface area (Å²) in [5, 5.41) is 16.3. The Kier molecular flexibility index (Phi) is 5.89. The van der Waals surface area contributed by atoms with E-state index in [0.29, 0.717) is 11.8 Å². The summed E-state index contributed by atoms with van der Waals surface area (Å²) in [5.74, 6) is 3.23. The van der Waals surface area contributed by atoms with Gasteiger partial charge in [-0.05, 0) is 154 Å². The molecule has 0 aromatic heterocycles. The molecule has 0 unspecified atom stereocenters. The zero-order valence-corrected chi connectivity index (χ0v) is 30.4. The summed E-state index contributed by atoms with van der Waals surface area (Å²) in [4.78, 5) is 0. The summed E-state index contributed by atoms with van der Waals surface area (Å²) in [6, 6.07) is 61.2. The number of hydrogen-bond acceptors (Lipinski definition) is 0. The standard InChI is InChI=1S/C54H40/c1-3-36-7-9-40-15-23-46(48-25-17-38(5-1)50(36)52(40)48)34-11-19-42(20-12-34)54(44-28-32-27-33(30-44)31-45(54)29-32)43-21-13-35(14-22-43)47-24-16-41-10-8-37-4-2-6-39-18-26-49(47)53(41)51(37)39/h1-26,32-33,44-45H,27-31H2. The van der Waals surface area contributed by atoms with Crippen molar-refractivity contribution < 1.29 is 0 Å². The zero-order chi connectivity index (χ0) is 35.1. The molecule has 4 aliphatic carbocycles. The molecular formula is C54H40. The van der Waals surface area contributed by atoms with Crippen molar-refractivity contribution in [3.8, 4) is 22.3 Å². The molecule has 14 rings (SSSR count). The van der Waals surface area contributed by atoms with E-state index in [-0.39, 0.29) is 5.41 Å². The third-order valence-electron chi connectivity index (χ3n) is 14.8. The summed E-state index contributed by atoms with van der Waals surface area (Å²) in [7, 11) is 0. The second kappa shape index (κ2) is 10.7. The van der Waals surface area contributed by atoms with E-state index in [9.17, 15) is 0 Å². The molecule has 0 heteroatoms. The molecular weight excluding hydrogens is 649 g/mol. The van der Waals surface area contributed by atoms with E-state index in [1.807, 2.05) is 0 Å². The van der Waals surface area contributed by atoms with Gasteiger partial charge >= 0.3 is 0 Å². The van der Waals surface area contributed by atoms with Crippen molar-refractivity contribution in [2.75, 3.05) is 0 Å². The van der Waals surface area contributed by atoms with Crippen LogP contribution >= 0.6 is 0 Å². The highest BCUT2D eigenvalue weighted by molar-refractivity contribution is 6.26. The first kappa shape index (κ1) is 29.7. The Morgan fingerprint density at radius 2 is 0.667 bits per heavy atom. The van der Waals surface area contributed by atoms with Crippen LogP contribution in [0.25, 0.3) is 86.9 Å². The van der Waals surface area contributed by atoms with Gasteiger partial charge in [-0.3, -0.25) is 0 Å². The molecule has 0 spiro atoms. The fraction of sp³-hybridized carbons (Fsp3) is 0.185. The Hall–Kier alpha value is -5.72. The molecule has 4 saturated carbocycles. The van der Waals surface area contributed by atoms with Gasteiger partial charge < -0.3 is 0 Å². The van der Waals surface area contributed by atoms with Crippen molar-refractivity contribution in [3.63, 3.8) is 0 Å². The van der Waals surface area contributed by atoms with Crippen LogP contribution in [0.15, 0.2) is 158 Å². The molecule has 0 atom stereocenters. The van der Waals surface area contributed by atoms with Crippen molar-refractivity contribution in [3.05, 3.63) is 169 Å². The van der Waals surface area contributed by atoms with Crippen LogP contribution in [0.2, 0.25) is 0 Å². The third kappa shape index (κ3) is 3.89. The van der Waals surface area contributed by atoms with Gasteiger partial charge in [0.25, 0.3) is 0 Å². The Balaban J connectivity index is 0.943. The lowest BCUT2D eigenvalue weighted by atomic mass is 9.42. The summed E-state index contributed by atoms with van der Waals surface area (Å²) < 4.78 is 0. The van der Waals surface area contributed by atoms with E-state index >= 15 is 0 Å². The highest BCUT2D eigenvalue weighted by Gasteiger charge is 2.58. The van der Waals surface area contributed by atoms with Crippen molar-refractivity contribution in [1.82, 2.24) is 0 Å². The van der Waals surface area contributed by atoms with Gasteiger partial charge in [0.15, 0.2) is 0 Å². The lowest BCUT2D eigenvalue weighted by molar-refractivity contribution is -0.0418.